The van der Waals surface area contributed by atoms with Gasteiger partial charge in [0.05, 0.1) is 0 Å². The molecule has 0 aliphatic rings. The fourth-order valence-electron chi connectivity index (χ4n) is 0.502. The molecule has 0 radical (unpaired) electrons. The number of hydrogen-bond donors (Lipinski definition) is 2. The van der Waals surface area contributed by atoms with E-state index in [2.05, 4.69) is 32.5 Å². The maximum atomic E-state index is 10.9. The lowest BCUT2D eigenvalue weighted by atomic mass is 10.5. The molecule has 1 aromatic rings. The van der Waals surface area contributed by atoms with Crippen LogP contribution >= 0.6 is 0 Å². The third-order valence-corrected chi connectivity index (χ3v) is 0.955. The first-order valence-electron chi connectivity index (χ1n) is 2.97. The molecule has 6 nitrogen and oxygen atoms in total. The number of amides is 1. The van der Waals surface area contributed by atoms with Crippen molar-refractivity contribution in [3.63, 3.8) is 0 Å². The summed E-state index contributed by atoms with van der Waals surface area (Å²) >= 11 is 0. The van der Waals surface area contributed by atoms with Crippen LogP contribution in [0.15, 0.2) is 12.7 Å². The Morgan fingerprint density at radius 3 is 3.18 bits per heavy atom. The molecular weight excluding hydrogens is 146 g/mol. The summed E-state index contributed by atoms with van der Waals surface area (Å²) in [6.45, 7) is 3.83. The number of nitrogens with one attached hydrogen (secondary N) is 2. The quantitative estimate of drug-likeness (QED) is 0.552. The monoisotopic (exact) mass is 153 g/mol. The van der Waals surface area contributed by atoms with Gasteiger partial charge in [-0.15, -0.1) is 16.8 Å². The number of nitrogens with zero attached hydrogens (tertiary/aromatic N) is 3. The Morgan fingerprint density at radius 1 is 1.82 bits per heavy atom. The zero-order chi connectivity index (χ0) is 8.10. The second-order valence-corrected chi connectivity index (χ2v) is 1.73. The predicted molar refractivity (Wildman–Crippen MR) is 36.7 cm³/mol. The van der Waals surface area contributed by atoms with Crippen LogP contribution in [0.1, 0.15) is 10.6 Å². The standard InChI is InChI=1S/C5H7N5O/c1-2-3-6-5(11)4-7-9-10-8-4/h2H,1,3H2,(H,6,11)(H,7,8,9,10). The fourth-order valence-corrected chi connectivity index (χ4v) is 0.502. The summed E-state index contributed by atoms with van der Waals surface area (Å²) in [7, 11) is 0. The molecule has 0 aromatic carbocycles. The molecule has 1 rings (SSSR count). The number of tetrazole rings is 1. The Labute approximate surface area is 62.7 Å². The molecule has 0 aliphatic heterocycles. The van der Waals surface area contributed by atoms with Crippen LogP contribution in [-0.2, 0) is 0 Å². The lowest BCUT2D eigenvalue weighted by Gasteiger charge is -1.93. The molecule has 0 aliphatic carbocycles. The van der Waals surface area contributed by atoms with Gasteiger partial charge in [-0.1, -0.05) is 6.08 Å². The zero-order valence-electron chi connectivity index (χ0n) is 5.74. The number of carbonyl (C=O) groups is 1. The van der Waals surface area contributed by atoms with Gasteiger partial charge in [-0.25, -0.2) is 0 Å². The van der Waals surface area contributed by atoms with Crippen LogP contribution in [0, 0.1) is 0 Å². The molecule has 0 unspecified atom stereocenters. The lowest BCUT2D eigenvalue weighted by molar-refractivity contribution is 0.0948. The number of aromatic nitrogens is 4. The summed E-state index contributed by atoms with van der Waals surface area (Å²) in [6, 6.07) is 0. The van der Waals surface area contributed by atoms with Crippen LogP contribution < -0.4 is 5.32 Å². The van der Waals surface area contributed by atoms with Crippen LogP contribution in [0.3, 0.4) is 0 Å². The summed E-state index contributed by atoms with van der Waals surface area (Å²) in [5, 5.41) is 14.8. The lowest BCUT2D eigenvalue weighted by Crippen LogP contribution is -2.24. The average Bonchev–Trinajstić information content (AvgIpc) is 2.52. The van der Waals surface area contributed by atoms with Crippen molar-refractivity contribution in [2.45, 2.75) is 0 Å². The molecule has 0 bridgehead atoms. The molecular formula is C5H7N5O. The number of hydrogen-bond acceptors (Lipinski definition) is 4. The van der Waals surface area contributed by atoms with Crippen LogP contribution in [0.5, 0.6) is 0 Å². The maximum absolute atomic E-state index is 10.9. The highest BCUT2D eigenvalue weighted by Crippen LogP contribution is 1.80. The van der Waals surface area contributed by atoms with E-state index in [9.17, 15) is 4.79 Å². The molecule has 6 heteroatoms. The van der Waals surface area contributed by atoms with Crippen molar-refractivity contribution < 1.29 is 4.79 Å². The largest absolute Gasteiger partial charge is 0.346 e. The van der Waals surface area contributed by atoms with E-state index in [1.54, 1.807) is 6.08 Å². The highest BCUT2D eigenvalue weighted by Gasteiger charge is 2.07. The second kappa shape index (κ2) is 3.45. The van der Waals surface area contributed by atoms with Gasteiger partial charge >= 0.3 is 0 Å². The molecule has 0 spiro atoms. The third kappa shape index (κ3) is 1.85. The summed E-state index contributed by atoms with van der Waals surface area (Å²) in [6.07, 6.45) is 1.57. The van der Waals surface area contributed by atoms with E-state index in [4.69, 9.17) is 0 Å². The SMILES string of the molecule is C=CCNC(=O)c1nn[nH]n1. The van der Waals surface area contributed by atoms with E-state index < -0.39 is 0 Å². The Hall–Kier alpha value is -1.72. The predicted octanol–water partition coefficient (Wildman–Crippen LogP) is -0.885. The van der Waals surface area contributed by atoms with Crippen LogP contribution in [-0.4, -0.2) is 33.1 Å². The third-order valence-electron chi connectivity index (χ3n) is 0.955. The van der Waals surface area contributed by atoms with Crippen molar-refractivity contribution in [1.82, 2.24) is 25.9 Å². The van der Waals surface area contributed by atoms with Gasteiger partial charge in [0.1, 0.15) is 0 Å². The van der Waals surface area contributed by atoms with Gasteiger partial charge in [0.25, 0.3) is 11.7 Å². The molecule has 0 atom stereocenters. The normalized spacial score (nSPS) is 9.09. The minimum atomic E-state index is -0.362. The van der Waals surface area contributed by atoms with E-state index >= 15 is 0 Å². The van der Waals surface area contributed by atoms with Crippen molar-refractivity contribution in [2.75, 3.05) is 6.54 Å². The van der Waals surface area contributed by atoms with Gasteiger partial charge in [-0.2, -0.15) is 5.21 Å². The minimum Gasteiger partial charge on any atom is -0.346 e. The molecule has 0 fully saturated rings. The van der Waals surface area contributed by atoms with E-state index in [0.717, 1.165) is 0 Å². The average molecular weight is 153 g/mol. The van der Waals surface area contributed by atoms with Crippen LogP contribution in [0.2, 0.25) is 0 Å². The number of aromatic amines is 1. The topological polar surface area (TPSA) is 83.6 Å². The van der Waals surface area contributed by atoms with Crippen molar-refractivity contribution in [2.24, 2.45) is 0 Å². The Morgan fingerprint density at radius 2 is 2.64 bits per heavy atom. The summed E-state index contributed by atoms with van der Waals surface area (Å²) in [4.78, 5) is 10.9. The molecule has 11 heavy (non-hydrogen) atoms. The van der Waals surface area contributed by atoms with E-state index in [-0.39, 0.29) is 11.7 Å². The fraction of sp³-hybridized carbons (Fsp3) is 0.200. The summed E-state index contributed by atoms with van der Waals surface area (Å²) < 4.78 is 0. The first-order valence-corrected chi connectivity index (χ1v) is 2.97. The first-order chi connectivity index (χ1) is 5.34. The maximum Gasteiger partial charge on any atom is 0.293 e. The molecule has 1 amide bonds. The van der Waals surface area contributed by atoms with Crippen molar-refractivity contribution in [3.8, 4) is 0 Å². The molecule has 58 valence electrons. The molecule has 1 heterocycles. The van der Waals surface area contributed by atoms with Crippen LogP contribution in [0.4, 0.5) is 0 Å². The Bertz CT molecular complexity index is 241. The van der Waals surface area contributed by atoms with Gasteiger partial charge in [0, 0.05) is 6.54 Å². The number of carbonyl (C=O) groups excluding carboxylic acids is 1. The van der Waals surface area contributed by atoms with Crippen molar-refractivity contribution >= 4 is 5.91 Å². The van der Waals surface area contributed by atoms with E-state index in [0.29, 0.717) is 6.54 Å². The number of H-pyrrole nitrogens is 1. The number of rotatable bonds is 3. The smallest absolute Gasteiger partial charge is 0.293 e. The van der Waals surface area contributed by atoms with Gasteiger partial charge in [-0.3, -0.25) is 4.79 Å². The zero-order valence-corrected chi connectivity index (χ0v) is 5.74. The minimum absolute atomic E-state index is 0.0341. The summed E-state index contributed by atoms with van der Waals surface area (Å²) in [5.74, 6) is -0.328. The van der Waals surface area contributed by atoms with Crippen molar-refractivity contribution in [3.05, 3.63) is 18.5 Å². The first kappa shape index (κ1) is 7.39. The second-order valence-electron chi connectivity index (χ2n) is 1.73. The molecule has 1 aromatic heterocycles. The van der Waals surface area contributed by atoms with Gasteiger partial charge in [0.15, 0.2) is 0 Å². The molecule has 2 N–H and O–H groups in total. The Kier molecular flexibility index (Phi) is 2.32. The Balaban J connectivity index is 2.49. The molecule has 0 saturated carbocycles. The highest BCUT2D eigenvalue weighted by atomic mass is 16.2. The van der Waals surface area contributed by atoms with E-state index in [1.165, 1.54) is 0 Å². The van der Waals surface area contributed by atoms with Gasteiger partial charge < -0.3 is 5.32 Å². The summed E-state index contributed by atoms with van der Waals surface area (Å²) in [5.41, 5.74) is 0. The highest BCUT2D eigenvalue weighted by molar-refractivity contribution is 5.90. The van der Waals surface area contributed by atoms with Gasteiger partial charge in [-0.05, 0) is 5.21 Å². The van der Waals surface area contributed by atoms with Crippen molar-refractivity contribution in [1.29, 1.82) is 0 Å². The van der Waals surface area contributed by atoms with Gasteiger partial charge in [0.2, 0.25) is 0 Å². The van der Waals surface area contributed by atoms with E-state index in [1.807, 2.05) is 0 Å². The molecule has 0 saturated heterocycles. The van der Waals surface area contributed by atoms with Crippen LogP contribution in [0.25, 0.3) is 0 Å².